The highest BCUT2D eigenvalue weighted by Crippen LogP contribution is 2.36. The van der Waals surface area contributed by atoms with E-state index >= 15 is 0 Å². The molecule has 0 aliphatic rings. The number of carbonyl (C=O) groups is 2. The number of halogens is 3. The molecule has 0 bridgehead atoms. The Bertz CT molecular complexity index is 667. The predicted molar refractivity (Wildman–Crippen MR) is 97.6 cm³/mol. The molecule has 27 heavy (non-hydrogen) atoms. The van der Waals surface area contributed by atoms with Crippen LogP contribution < -0.4 is 16.4 Å². The first-order valence-corrected chi connectivity index (χ1v) is 8.73. The van der Waals surface area contributed by atoms with Crippen molar-refractivity contribution in [2.75, 3.05) is 6.54 Å². The van der Waals surface area contributed by atoms with E-state index in [2.05, 4.69) is 10.6 Å². The highest BCUT2D eigenvalue weighted by atomic mass is 19.4. The Kier molecular flexibility index (Phi) is 7.42. The molecule has 0 fully saturated rings. The molecule has 0 aromatic heterocycles. The third kappa shape index (κ3) is 6.86. The van der Waals surface area contributed by atoms with Gasteiger partial charge in [-0.05, 0) is 29.0 Å². The van der Waals surface area contributed by atoms with Crippen molar-refractivity contribution >= 4 is 11.8 Å². The van der Waals surface area contributed by atoms with E-state index in [4.69, 9.17) is 5.73 Å². The first-order valence-electron chi connectivity index (χ1n) is 8.73. The van der Waals surface area contributed by atoms with Crippen LogP contribution in [0.5, 0.6) is 0 Å². The summed E-state index contributed by atoms with van der Waals surface area (Å²) in [4.78, 5) is 24.1. The Hall–Kier alpha value is -2.09. The molecule has 1 rings (SSSR count). The average Bonchev–Trinajstić information content (AvgIpc) is 2.55. The Balaban J connectivity index is 2.91. The van der Waals surface area contributed by atoms with Crippen molar-refractivity contribution in [3.8, 4) is 0 Å². The molecule has 2 amide bonds. The largest absolute Gasteiger partial charge is 0.416 e. The predicted octanol–water partition coefficient (Wildman–Crippen LogP) is 3.01. The van der Waals surface area contributed by atoms with Gasteiger partial charge in [0, 0.05) is 0 Å². The molecule has 0 saturated heterocycles. The Morgan fingerprint density at radius 2 is 1.74 bits per heavy atom. The second-order valence-electron chi connectivity index (χ2n) is 7.98. The Labute approximate surface area is 157 Å². The summed E-state index contributed by atoms with van der Waals surface area (Å²) in [5.41, 5.74) is 4.74. The molecule has 0 saturated carbocycles. The molecule has 1 aromatic carbocycles. The SMILES string of the molecule is CC(C)[C@H](N)C(=O)NCC(=O)NC(c1cccc(C(F)(F)F)c1)C(C)(C)C. The normalized spacial score (nSPS) is 14.6. The van der Waals surface area contributed by atoms with E-state index in [1.165, 1.54) is 6.07 Å². The van der Waals surface area contributed by atoms with Crippen LogP contribution in [0.15, 0.2) is 24.3 Å². The van der Waals surface area contributed by atoms with Crippen LogP contribution in [0.3, 0.4) is 0 Å². The maximum absolute atomic E-state index is 13.0. The van der Waals surface area contributed by atoms with Gasteiger partial charge in [-0.3, -0.25) is 9.59 Å². The van der Waals surface area contributed by atoms with Crippen molar-refractivity contribution in [1.29, 1.82) is 0 Å². The lowest BCUT2D eigenvalue weighted by Crippen LogP contribution is -2.48. The Morgan fingerprint density at radius 3 is 2.22 bits per heavy atom. The van der Waals surface area contributed by atoms with Gasteiger partial charge >= 0.3 is 6.18 Å². The maximum atomic E-state index is 13.0. The molecule has 8 heteroatoms. The summed E-state index contributed by atoms with van der Waals surface area (Å²) in [6.07, 6.45) is -4.47. The van der Waals surface area contributed by atoms with Crippen molar-refractivity contribution < 1.29 is 22.8 Å². The van der Waals surface area contributed by atoms with Gasteiger partial charge in [0.25, 0.3) is 0 Å². The van der Waals surface area contributed by atoms with Crippen LogP contribution in [-0.2, 0) is 15.8 Å². The molecule has 0 spiro atoms. The first-order chi connectivity index (χ1) is 12.2. The first kappa shape index (κ1) is 23.0. The van der Waals surface area contributed by atoms with Crippen LogP contribution in [0, 0.1) is 11.3 Å². The Morgan fingerprint density at radius 1 is 1.15 bits per heavy atom. The minimum absolute atomic E-state index is 0.0829. The summed E-state index contributed by atoms with van der Waals surface area (Å²) in [6.45, 7) is 8.70. The van der Waals surface area contributed by atoms with Gasteiger partial charge in [0.15, 0.2) is 0 Å². The molecule has 2 atom stereocenters. The van der Waals surface area contributed by atoms with Crippen LogP contribution in [0.2, 0.25) is 0 Å². The summed E-state index contributed by atoms with van der Waals surface area (Å²) in [5.74, 6) is -1.04. The van der Waals surface area contributed by atoms with E-state index in [0.29, 0.717) is 5.56 Å². The molecule has 152 valence electrons. The third-order valence-corrected chi connectivity index (χ3v) is 4.16. The van der Waals surface area contributed by atoms with Crippen LogP contribution >= 0.6 is 0 Å². The van der Waals surface area contributed by atoms with Gasteiger partial charge in [0.05, 0.1) is 24.2 Å². The van der Waals surface area contributed by atoms with E-state index < -0.39 is 41.1 Å². The fourth-order valence-electron chi connectivity index (χ4n) is 2.49. The minimum Gasteiger partial charge on any atom is -0.347 e. The van der Waals surface area contributed by atoms with Gasteiger partial charge in [0.2, 0.25) is 11.8 Å². The van der Waals surface area contributed by atoms with E-state index in [0.717, 1.165) is 12.1 Å². The van der Waals surface area contributed by atoms with Gasteiger partial charge in [-0.2, -0.15) is 13.2 Å². The number of rotatable bonds is 6. The zero-order chi connectivity index (χ0) is 21.0. The number of amides is 2. The third-order valence-electron chi connectivity index (χ3n) is 4.16. The molecule has 0 aliphatic heterocycles. The molecular formula is C19H28F3N3O2. The second kappa shape index (κ2) is 8.73. The molecule has 5 nitrogen and oxygen atoms in total. The van der Waals surface area contributed by atoms with Crippen LogP contribution in [0.1, 0.15) is 51.8 Å². The van der Waals surface area contributed by atoms with E-state index in [1.54, 1.807) is 19.9 Å². The summed E-state index contributed by atoms with van der Waals surface area (Å²) < 4.78 is 39.0. The molecule has 1 unspecified atom stereocenters. The second-order valence-corrected chi connectivity index (χ2v) is 7.98. The standard InChI is InChI=1S/C19H28F3N3O2/c1-11(2)15(23)17(27)24-10-14(26)25-16(18(3,4)5)12-7-6-8-13(9-12)19(20,21)22/h6-9,11,15-16H,10,23H2,1-5H3,(H,24,27)(H,25,26)/t15-,16?/m0/s1. The van der Waals surface area contributed by atoms with Crippen LogP contribution in [0.25, 0.3) is 0 Å². The van der Waals surface area contributed by atoms with Crippen molar-refractivity contribution in [2.24, 2.45) is 17.1 Å². The number of alkyl halides is 3. The lowest BCUT2D eigenvalue weighted by Gasteiger charge is -2.32. The minimum atomic E-state index is -4.47. The van der Waals surface area contributed by atoms with Crippen molar-refractivity contribution in [3.05, 3.63) is 35.4 Å². The van der Waals surface area contributed by atoms with Gasteiger partial charge < -0.3 is 16.4 Å². The zero-order valence-electron chi connectivity index (χ0n) is 16.3. The molecule has 0 radical (unpaired) electrons. The van der Waals surface area contributed by atoms with Gasteiger partial charge in [-0.25, -0.2) is 0 Å². The molecular weight excluding hydrogens is 359 g/mol. The average molecular weight is 387 g/mol. The number of hydrogen-bond acceptors (Lipinski definition) is 3. The van der Waals surface area contributed by atoms with Crippen LogP contribution in [0.4, 0.5) is 13.2 Å². The highest BCUT2D eigenvalue weighted by Gasteiger charge is 2.33. The zero-order valence-corrected chi connectivity index (χ0v) is 16.3. The molecule has 1 aromatic rings. The van der Waals surface area contributed by atoms with E-state index in [9.17, 15) is 22.8 Å². The number of benzene rings is 1. The topological polar surface area (TPSA) is 84.2 Å². The lowest BCUT2D eigenvalue weighted by molar-refractivity contribution is -0.137. The fraction of sp³-hybridized carbons (Fsp3) is 0.579. The van der Waals surface area contributed by atoms with Gasteiger partial charge in [-0.1, -0.05) is 46.8 Å². The van der Waals surface area contributed by atoms with Gasteiger partial charge in [0.1, 0.15) is 0 Å². The number of hydrogen-bond donors (Lipinski definition) is 3. The fourth-order valence-corrected chi connectivity index (χ4v) is 2.49. The smallest absolute Gasteiger partial charge is 0.347 e. The van der Waals surface area contributed by atoms with Gasteiger partial charge in [-0.15, -0.1) is 0 Å². The van der Waals surface area contributed by atoms with E-state index in [-0.39, 0.29) is 12.5 Å². The van der Waals surface area contributed by atoms with Crippen molar-refractivity contribution in [3.63, 3.8) is 0 Å². The summed E-state index contributed by atoms with van der Waals surface area (Å²) in [7, 11) is 0. The molecule has 0 heterocycles. The summed E-state index contributed by atoms with van der Waals surface area (Å²) >= 11 is 0. The highest BCUT2D eigenvalue weighted by molar-refractivity contribution is 5.87. The van der Waals surface area contributed by atoms with Crippen molar-refractivity contribution in [1.82, 2.24) is 10.6 Å². The van der Waals surface area contributed by atoms with E-state index in [1.807, 2.05) is 20.8 Å². The molecule has 0 aliphatic carbocycles. The van der Waals surface area contributed by atoms with Crippen LogP contribution in [-0.4, -0.2) is 24.4 Å². The number of nitrogens with one attached hydrogen (secondary N) is 2. The monoisotopic (exact) mass is 387 g/mol. The molecule has 4 N–H and O–H groups in total. The maximum Gasteiger partial charge on any atom is 0.416 e. The summed E-state index contributed by atoms with van der Waals surface area (Å²) in [5, 5.41) is 5.17. The quantitative estimate of drug-likeness (QED) is 0.702. The number of carbonyl (C=O) groups excluding carboxylic acids is 2. The lowest BCUT2D eigenvalue weighted by atomic mass is 9.82. The summed E-state index contributed by atoms with van der Waals surface area (Å²) in [6, 6.07) is 3.47. The van der Waals surface area contributed by atoms with Crippen molar-refractivity contribution in [2.45, 2.75) is 52.9 Å². The number of nitrogens with two attached hydrogens (primary N) is 1.